The number of aromatic nitrogens is 1. The summed E-state index contributed by atoms with van der Waals surface area (Å²) in [6.07, 6.45) is 3.80. The first-order chi connectivity index (χ1) is 15.0. The van der Waals surface area contributed by atoms with Gasteiger partial charge in [-0.2, -0.15) is 15.1 Å². The first kappa shape index (κ1) is 19.5. The summed E-state index contributed by atoms with van der Waals surface area (Å²) in [7, 11) is 0. The number of hydrazone groups is 1. The van der Waals surface area contributed by atoms with Gasteiger partial charge in [-0.15, -0.1) is 0 Å². The molecule has 31 heavy (non-hydrogen) atoms. The molecule has 5 rings (SSSR count). The Morgan fingerprint density at radius 1 is 1.10 bits per heavy atom. The lowest BCUT2D eigenvalue weighted by atomic mass is 10.1. The van der Waals surface area contributed by atoms with Crippen molar-refractivity contribution >= 4 is 50.7 Å². The van der Waals surface area contributed by atoms with Crippen molar-refractivity contribution in [2.45, 2.75) is 20.4 Å². The predicted octanol–water partition coefficient (Wildman–Crippen LogP) is 4.96. The molecule has 0 spiro atoms. The number of benzene rings is 2. The Kier molecular flexibility index (Phi) is 4.82. The average molecular weight is 428 g/mol. The molecule has 3 heterocycles. The molecule has 0 unspecified atom stereocenters. The van der Waals surface area contributed by atoms with Gasteiger partial charge in [0.1, 0.15) is 5.04 Å². The van der Waals surface area contributed by atoms with E-state index in [0.29, 0.717) is 5.17 Å². The van der Waals surface area contributed by atoms with Crippen molar-refractivity contribution in [2.75, 3.05) is 0 Å². The smallest absolute Gasteiger partial charge is 0.283 e. The van der Waals surface area contributed by atoms with E-state index < -0.39 is 5.91 Å². The first-order valence-electron chi connectivity index (χ1n) is 10.1. The number of hydrogen-bond donors (Lipinski definition) is 1. The molecule has 0 saturated heterocycles. The summed E-state index contributed by atoms with van der Waals surface area (Å²) in [6.45, 7) is 4.80. The zero-order valence-electron chi connectivity index (χ0n) is 17.2. The van der Waals surface area contributed by atoms with E-state index in [0.717, 1.165) is 28.1 Å². The second-order valence-corrected chi connectivity index (χ2v) is 8.82. The van der Waals surface area contributed by atoms with Crippen molar-refractivity contribution in [3.8, 4) is 0 Å². The molecule has 6 nitrogen and oxygen atoms in total. The third kappa shape index (κ3) is 3.51. The molecule has 0 aliphatic carbocycles. The summed E-state index contributed by atoms with van der Waals surface area (Å²) >= 11 is 1.36. The molecule has 0 bridgehead atoms. The molecular weight excluding hydrogens is 406 g/mol. The summed E-state index contributed by atoms with van der Waals surface area (Å²) in [5, 5.41) is 16.9. The summed E-state index contributed by atoms with van der Waals surface area (Å²) in [4.78, 5) is 17.0. The molecule has 0 fully saturated rings. The van der Waals surface area contributed by atoms with Gasteiger partial charge in [-0.25, -0.2) is 0 Å². The molecular formula is C24H21N5OS. The van der Waals surface area contributed by atoms with Crippen molar-refractivity contribution in [1.29, 1.82) is 5.41 Å². The van der Waals surface area contributed by atoms with E-state index in [-0.39, 0.29) is 17.3 Å². The molecule has 0 radical (unpaired) electrons. The van der Waals surface area contributed by atoms with Crippen LogP contribution < -0.4 is 0 Å². The second kappa shape index (κ2) is 7.67. The van der Waals surface area contributed by atoms with Gasteiger partial charge in [-0.1, -0.05) is 62.4 Å². The highest BCUT2D eigenvalue weighted by Gasteiger charge is 2.36. The summed E-state index contributed by atoms with van der Waals surface area (Å²) < 4.78 is 2.17. The van der Waals surface area contributed by atoms with Crippen molar-refractivity contribution < 1.29 is 4.79 Å². The normalized spacial score (nSPS) is 17.5. The first-order valence-corrected chi connectivity index (χ1v) is 10.9. The molecule has 1 aromatic heterocycles. The second-order valence-electron chi connectivity index (χ2n) is 7.83. The number of carbonyl (C=O) groups is 1. The largest absolute Gasteiger partial charge is 0.342 e. The molecule has 7 heteroatoms. The summed E-state index contributed by atoms with van der Waals surface area (Å²) in [5.41, 5.74) is 3.41. The van der Waals surface area contributed by atoms with Crippen LogP contribution in [0.5, 0.6) is 0 Å². The lowest BCUT2D eigenvalue weighted by Gasteiger charge is -2.20. The van der Waals surface area contributed by atoms with Gasteiger partial charge in [0.15, 0.2) is 5.84 Å². The van der Waals surface area contributed by atoms with Crippen LogP contribution in [0.25, 0.3) is 17.0 Å². The fraction of sp³-hybridized carbons (Fsp3) is 0.167. The Morgan fingerprint density at radius 2 is 1.84 bits per heavy atom. The number of aliphatic imine (C=N–C) groups is 1. The minimum Gasteiger partial charge on any atom is -0.342 e. The summed E-state index contributed by atoms with van der Waals surface area (Å²) in [6, 6.07) is 18.4. The highest BCUT2D eigenvalue weighted by molar-refractivity contribution is 8.27. The zero-order valence-corrected chi connectivity index (χ0v) is 18.1. The molecule has 2 aromatic carbocycles. The SMILES string of the molecule is CC(C)C1=NN2C(=N)/C(=C/c3cn(Cc4ccccc4)c4ccccc34)C(=O)N=C2S1. The number of fused-ring (bicyclic) bond motifs is 2. The topological polar surface area (TPSA) is 73.8 Å². The number of thioether (sulfide) groups is 1. The highest BCUT2D eigenvalue weighted by atomic mass is 32.2. The minimum absolute atomic E-state index is 0.0676. The van der Waals surface area contributed by atoms with E-state index >= 15 is 0 Å². The minimum atomic E-state index is -0.399. The molecule has 1 amide bonds. The van der Waals surface area contributed by atoms with Gasteiger partial charge >= 0.3 is 0 Å². The number of nitrogens with zero attached hydrogens (tertiary/aromatic N) is 4. The van der Waals surface area contributed by atoms with Gasteiger partial charge in [0.05, 0.1) is 5.57 Å². The number of rotatable bonds is 4. The Hall–Kier alpha value is -3.45. The maximum Gasteiger partial charge on any atom is 0.283 e. The van der Waals surface area contributed by atoms with E-state index in [4.69, 9.17) is 5.41 Å². The van der Waals surface area contributed by atoms with Gasteiger partial charge < -0.3 is 4.57 Å². The van der Waals surface area contributed by atoms with E-state index in [1.54, 1.807) is 6.08 Å². The maximum atomic E-state index is 12.8. The Bertz CT molecular complexity index is 1300. The van der Waals surface area contributed by atoms with E-state index in [9.17, 15) is 4.79 Å². The predicted molar refractivity (Wildman–Crippen MR) is 127 cm³/mol. The average Bonchev–Trinajstić information content (AvgIpc) is 3.34. The van der Waals surface area contributed by atoms with Crippen LogP contribution in [0.15, 0.2) is 76.5 Å². The summed E-state index contributed by atoms with van der Waals surface area (Å²) in [5.74, 6) is -0.119. The van der Waals surface area contributed by atoms with Crippen LogP contribution in [0.3, 0.4) is 0 Å². The Morgan fingerprint density at radius 3 is 2.61 bits per heavy atom. The third-order valence-electron chi connectivity index (χ3n) is 5.28. The monoisotopic (exact) mass is 427 g/mol. The third-order valence-corrected chi connectivity index (χ3v) is 6.49. The quantitative estimate of drug-likeness (QED) is 0.598. The molecule has 154 valence electrons. The lowest BCUT2D eigenvalue weighted by molar-refractivity contribution is -0.114. The highest BCUT2D eigenvalue weighted by Crippen LogP contribution is 2.32. The van der Waals surface area contributed by atoms with E-state index in [1.807, 2.05) is 56.4 Å². The van der Waals surface area contributed by atoms with Crippen molar-refractivity contribution in [3.05, 3.63) is 77.5 Å². The fourth-order valence-corrected chi connectivity index (χ4v) is 4.59. The van der Waals surface area contributed by atoms with Crippen LogP contribution in [0.1, 0.15) is 25.0 Å². The lowest BCUT2D eigenvalue weighted by Crippen LogP contribution is -2.35. The van der Waals surface area contributed by atoms with Crippen molar-refractivity contribution in [1.82, 2.24) is 9.58 Å². The van der Waals surface area contributed by atoms with E-state index in [2.05, 4.69) is 32.9 Å². The number of amidine groups is 2. The van der Waals surface area contributed by atoms with Gasteiger partial charge in [0, 0.05) is 35.1 Å². The van der Waals surface area contributed by atoms with Crippen molar-refractivity contribution in [2.24, 2.45) is 16.0 Å². The molecule has 0 atom stereocenters. The van der Waals surface area contributed by atoms with Crippen LogP contribution >= 0.6 is 11.8 Å². The van der Waals surface area contributed by atoms with E-state index in [1.165, 1.54) is 22.3 Å². The fourth-order valence-electron chi connectivity index (χ4n) is 3.70. The standard InChI is InChI=1S/C24H21N5OS/c1-15(2)23-27-29-21(25)19(22(30)26-24(29)31-23)12-17-14-28(13-16-8-4-3-5-9-16)20-11-7-6-10-18(17)20/h3-12,14-15,25H,13H2,1-2H3/b19-12-,25-21?. The number of amides is 1. The zero-order chi connectivity index (χ0) is 21.5. The van der Waals surface area contributed by atoms with Gasteiger partial charge in [-0.3, -0.25) is 10.2 Å². The molecule has 1 N–H and O–H groups in total. The van der Waals surface area contributed by atoms with Gasteiger partial charge in [0.2, 0.25) is 5.17 Å². The van der Waals surface area contributed by atoms with Crippen LogP contribution in [-0.2, 0) is 11.3 Å². The van der Waals surface area contributed by atoms with Gasteiger partial charge in [-0.05, 0) is 29.5 Å². The molecule has 2 aliphatic heterocycles. The number of hydrogen-bond acceptors (Lipinski definition) is 4. The molecule has 0 saturated carbocycles. The molecule has 2 aliphatic rings. The Labute approximate surface area is 184 Å². The maximum absolute atomic E-state index is 12.8. The van der Waals surface area contributed by atoms with Crippen LogP contribution in [0.4, 0.5) is 0 Å². The number of nitrogens with one attached hydrogen (secondary N) is 1. The van der Waals surface area contributed by atoms with Gasteiger partial charge in [0.25, 0.3) is 5.91 Å². The number of carbonyl (C=O) groups excluding carboxylic acids is 1. The number of para-hydroxylation sites is 1. The molecule has 3 aromatic rings. The van der Waals surface area contributed by atoms with Crippen LogP contribution in [-0.4, -0.2) is 31.5 Å². The van der Waals surface area contributed by atoms with Crippen LogP contribution in [0.2, 0.25) is 0 Å². The Balaban J connectivity index is 1.56. The van der Waals surface area contributed by atoms with Crippen molar-refractivity contribution in [3.63, 3.8) is 0 Å². The van der Waals surface area contributed by atoms with Crippen LogP contribution in [0, 0.1) is 11.3 Å².